The molecule has 0 radical (unpaired) electrons. The molecule has 0 heterocycles. The van der Waals surface area contributed by atoms with Crippen molar-refractivity contribution in [3.63, 3.8) is 0 Å². The van der Waals surface area contributed by atoms with Crippen LogP contribution in [0.4, 0.5) is 35.0 Å². The van der Waals surface area contributed by atoms with Gasteiger partial charge < -0.3 is 20.6 Å². The number of carboxylic acid groups (broad SMARTS) is 1. The molecule has 0 aromatic heterocycles. The van der Waals surface area contributed by atoms with Gasteiger partial charge in [0.05, 0.1) is 23.7 Å². The Labute approximate surface area is 217 Å². The minimum atomic E-state index is -4.76. The fraction of sp³-hybridized carbons (Fsp3) is 0.500. The molecule has 204 valence electrons. The number of rotatable bonds is 11. The highest BCUT2D eigenvalue weighted by atomic mass is 19.4. The first-order chi connectivity index (χ1) is 17.2. The number of nitrogens with zero attached hydrogens (tertiary/aromatic N) is 1. The molecular formula is C28H38F3N3O3. The third-order valence-corrected chi connectivity index (χ3v) is 5.79. The zero-order valence-electron chi connectivity index (χ0n) is 22.3. The number of anilines is 3. The second-order valence-electron chi connectivity index (χ2n) is 10.5. The SMILES string of the molecule is CC(C)CN(CC(C)C)c1ccc(C(CC(=O)O)C(F)(F)F)cc1NC(=O)Nc1ccc(C(C)C)cc1. The van der Waals surface area contributed by atoms with Gasteiger partial charge >= 0.3 is 18.2 Å². The van der Waals surface area contributed by atoms with Crippen molar-refractivity contribution in [2.24, 2.45) is 11.8 Å². The number of carbonyl (C=O) groups excluding carboxylic acids is 1. The maximum absolute atomic E-state index is 13.8. The van der Waals surface area contributed by atoms with E-state index in [9.17, 15) is 22.8 Å². The molecule has 2 aromatic carbocycles. The van der Waals surface area contributed by atoms with Gasteiger partial charge in [-0.15, -0.1) is 0 Å². The Kier molecular flexibility index (Phi) is 10.4. The summed E-state index contributed by atoms with van der Waals surface area (Å²) in [6, 6.07) is 10.8. The van der Waals surface area contributed by atoms with Crippen LogP contribution in [0, 0.1) is 11.8 Å². The number of hydrogen-bond acceptors (Lipinski definition) is 3. The monoisotopic (exact) mass is 521 g/mol. The summed E-state index contributed by atoms with van der Waals surface area (Å²) in [7, 11) is 0. The lowest BCUT2D eigenvalue weighted by Crippen LogP contribution is -2.33. The van der Waals surface area contributed by atoms with Crippen LogP contribution in [0.25, 0.3) is 0 Å². The van der Waals surface area contributed by atoms with Gasteiger partial charge in [0.25, 0.3) is 0 Å². The highest BCUT2D eigenvalue weighted by molar-refractivity contribution is 6.02. The summed E-state index contributed by atoms with van der Waals surface area (Å²) >= 11 is 0. The van der Waals surface area contributed by atoms with Crippen LogP contribution >= 0.6 is 0 Å². The second kappa shape index (κ2) is 12.8. The van der Waals surface area contributed by atoms with Crippen LogP contribution in [0.15, 0.2) is 42.5 Å². The Morgan fingerprint density at radius 2 is 1.41 bits per heavy atom. The number of carboxylic acids is 1. The maximum atomic E-state index is 13.8. The van der Waals surface area contributed by atoms with Gasteiger partial charge in [0, 0.05) is 18.8 Å². The minimum Gasteiger partial charge on any atom is -0.481 e. The number of hydrogen-bond donors (Lipinski definition) is 3. The average molecular weight is 522 g/mol. The predicted octanol–water partition coefficient (Wildman–Crippen LogP) is 7.69. The van der Waals surface area contributed by atoms with Gasteiger partial charge in [0.15, 0.2) is 0 Å². The van der Waals surface area contributed by atoms with Crippen molar-refractivity contribution in [1.82, 2.24) is 0 Å². The molecule has 0 saturated carbocycles. The zero-order chi connectivity index (χ0) is 27.9. The van der Waals surface area contributed by atoms with E-state index >= 15 is 0 Å². The van der Waals surface area contributed by atoms with E-state index in [-0.39, 0.29) is 23.1 Å². The molecule has 6 nitrogen and oxygen atoms in total. The van der Waals surface area contributed by atoms with Gasteiger partial charge in [-0.1, -0.05) is 59.7 Å². The van der Waals surface area contributed by atoms with Crippen molar-refractivity contribution in [2.45, 2.75) is 66.0 Å². The van der Waals surface area contributed by atoms with Gasteiger partial charge in [-0.2, -0.15) is 13.2 Å². The van der Waals surface area contributed by atoms with Crippen molar-refractivity contribution in [1.29, 1.82) is 0 Å². The summed E-state index contributed by atoms with van der Waals surface area (Å²) in [5.74, 6) is -2.91. The molecule has 2 aromatic rings. The van der Waals surface area contributed by atoms with Crippen molar-refractivity contribution in [3.8, 4) is 0 Å². The van der Waals surface area contributed by atoms with Gasteiger partial charge in [0.1, 0.15) is 0 Å². The van der Waals surface area contributed by atoms with E-state index in [1.807, 2.05) is 44.7 Å². The third kappa shape index (κ3) is 9.30. The molecule has 37 heavy (non-hydrogen) atoms. The van der Waals surface area contributed by atoms with Crippen molar-refractivity contribution < 1.29 is 27.9 Å². The summed E-state index contributed by atoms with van der Waals surface area (Å²) in [5, 5.41) is 14.5. The summed E-state index contributed by atoms with van der Waals surface area (Å²) < 4.78 is 41.3. The molecule has 2 rings (SSSR count). The van der Waals surface area contributed by atoms with Gasteiger partial charge in [-0.3, -0.25) is 4.79 Å². The summed E-state index contributed by atoms with van der Waals surface area (Å²) in [6.07, 6.45) is -5.86. The highest BCUT2D eigenvalue weighted by Gasteiger charge is 2.42. The molecule has 1 atom stereocenters. The van der Waals surface area contributed by atoms with E-state index in [1.165, 1.54) is 18.2 Å². The summed E-state index contributed by atoms with van der Waals surface area (Å²) in [4.78, 5) is 26.1. The normalized spacial score (nSPS) is 12.6. The molecule has 9 heteroatoms. The largest absolute Gasteiger partial charge is 0.481 e. The van der Waals surface area contributed by atoms with Gasteiger partial charge in [-0.05, 0) is 53.1 Å². The number of halogens is 3. The molecule has 1 unspecified atom stereocenters. The molecule has 0 spiro atoms. The minimum absolute atomic E-state index is 0.190. The van der Waals surface area contributed by atoms with Crippen molar-refractivity contribution in [2.75, 3.05) is 28.6 Å². The molecule has 0 aliphatic rings. The predicted molar refractivity (Wildman–Crippen MR) is 143 cm³/mol. The Balaban J connectivity index is 2.48. The standard InChI is InChI=1S/C28H38F3N3O3/c1-17(2)15-34(16-18(3)4)25-12-9-21(23(14-26(35)36)28(29,30)31)13-24(25)33-27(37)32-22-10-7-20(8-11-22)19(5)6/h7-13,17-19,23H,14-16H2,1-6H3,(H,35,36)(H2,32,33,37). The Hall–Kier alpha value is -3.23. The first-order valence-corrected chi connectivity index (χ1v) is 12.5. The average Bonchev–Trinajstić information content (AvgIpc) is 2.75. The number of carbonyl (C=O) groups is 2. The second-order valence-corrected chi connectivity index (χ2v) is 10.5. The van der Waals surface area contributed by atoms with Crippen LogP contribution in [0.3, 0.4) is 0 Å². The van der Waals surface area contributed by atoms with E-state index in [1.54, 1.807) is 12.1 Å². The highest BCUT2D eigenvalue weighted by Crippen LogP contribution is 2.40. The molecule has 0 aliphatic carbocycles. The lowest BCUT2D eigenvalue weighted by Gasteiger charge is -2.31. The Bertz CT molecular complexity index is 1040. The van der Waals surface area contributed by atoms with Gasteiger partial charge in [0.2, 0.25) is 0 Å². The lowest BCUT2D eigenvalue weighted by atomic mass is 9.94. The van der Waals surface area contributed by atoms with Crippen LogP contribution in [-0.4, -0.2) is 36.4 Å². The lowest BCUT2D eigenvalue weighted by molar-refractivity contribution is -0.163. The molecule has 0 saturated heterocycles. The van der Waals surface area contributed by atoms with E-state index in [0.29, 0.717) is 30.4 Å². The van der Waals surface area contributed by atoms with Crippen LogP contribution in [0.5, 0.6) is 0 Å². The number of urea groups is 1. The van der Waals surface area contributed by atoms with Crippen LogP contribution < -0.4 is 15.5 Å². The number of benzene rings is 2. The number of aliphatic carboxylic acids is 1. The van der Waals surface area contributed by atoms with Gasteiger partial charge in [-0.25, -0.2) is 4.79 Å². The quantitative estimate of drug-likeness (QED) is 0.283. The molecule has 2 amide bonds. The Morgan fingerprint density at radius 1 is 0.865 bits per heavy atom. The summed E-state index contributed by atoms with van der Waals surface area (Å²) in [6.45, 7) is 13.5. The van der Waals surface area contributed by atoms with Crippen LogP contribution in [-0.2, 0) is 4.79 Å². The van der Waals surface area contributed by atoms with E-state index in [2.05, 4.69) is 24.5 Å². The third-order valence-electron chi connectivity index (χ3n) is 5.79. The summed E-state index contributed by atoms with van der Waals surface area (Å²) in [5.41, 5.74) is 2.20. The fourth-order valence-corrected chi connectivity index (χ4v) is 4.13. The molecule has 0 bridgehead atoms. The molecule has 0 fully saturated rings. The van der Waals surface area contributed by atoms with Crippen LogP contribution in [0.1, 0.15) is 70.9 Å². The smallest absolute Gasteiger partial charge is 0.396 e. The van der Waals surface area contributed by atoms with Crippen LogP contribution in [0.2, 0.25) is 0 Å². The van der Waals surface area contributed by atoms with E-state index in [4.69, 9.17) is 5.11 Å². The fourth-order valence-electron chi connectivity index (χ4n) is 4.13. The number of amides is 2. The molecule has 3 N–H and O–H groups in total. The molecule has 0 aliphatic heterocycles. The Morgan fingerprint density at radius 3 is 1.86 bits per heavy atom. The molecular weight excluding hydrogens is 483 g/mol. The first kappa shape index (κ1) is 30.0. The maximum Gasteiger partial charge on any atom is 0.396 e. The van der Waals surface area contributed by atoms with E-state index in [0.717, 1.165) is 5.56 Å². The zero-order valence-corrected chi connectivity index (χ0v) is 22.3. The van der Waals surface area contributed by atoms with Crippen molar-refractivity contribution in [3.05, 3.63) is 53.6 Å². The number of nitrogens with one attached hydrogen (secondary N) is 2. The number of alkyl halides is 3. The topological polar surface area (TPSA) is 81.7 Å². The van der Waals surface area contributed by atoms with Crippen molar-refractivity contribution >= 4 is 29.1 Å². The van der Waals surface area contributed by atoms with E-state index < -0.39 is 30.5 Å². The first-order valence-electron chi connectivity index (χ1n) is 12.5.